The average Bonchev–Trinajstić information content (AvgIpc) is 2.27. The van der Waals surface area contributed by atoms with Gasteiger partial charge in [-0.25, -0.2) is 0 Å². The van der Waals surface area contributed by atoms with E-state index < -0.39 is 0 Å². The fourth-order valence-electron chi connectivity index (χ4n) is 1.68. The summed E-state index contributed by atoms with van der Waals surface area (Å²) in [5, 5.41) is 2.25. The predicted molar refractivity (Wildman–Crippen MR) is 57.5 cm³/mol. The highest BCUT2D eigenvalue weighted by molar-refractivity contribution is 6.02. The number of hydrogen-bond acceptors (Lipinski definition) is 5. The molecule has 1 saturated heterocycles. The zero-order chi connectivity index (χ0) is 11.5. The smallest absolute Gasteiger partial charge is 0.246 e. The molecular formula is C10H12N4O2. The fraction of sp³-hybridized carbons (Fsp3) is 0.300. The second-order valence-electron chi connectivity index (χ2n) is 3.50. The predicted octanol–water partition coefficient (Wildman–Crippen LogP) is -0.997. The van der Waals surface area contributed by atoms with Gasteiger partial charge in [-0.1, -0.05) is 0 Å². The first-order valence-electron chi connectivity index (χ1n) is 4.92. The number of carbonyl (C=O) groups excluding carboxylic acids is 2. The van der Waals surface area contributed by atoms with E-state index in [9.17, 15) is 9.59 Å². The number of rotatable bonds is 2. The number of aromatic nitrogens is 1. The molecule has 0 radical (unpaired) electrons. The van der Waals surface area contributed by atoms with E-state index >= 15 is 0 Å². The van der Waals surface area contributed by atoms with Crippen LogP contribution in [0.25, 0.3) is 0 Å². The topological polar surface area (TPSA) is 88.3 Å². The fourth-order valence-corrected chi connectivity index (χ4v) is 1.68. The summed E-state index contributed by atoms with van der Waals surface area (Å²) in [6.45, 7) is 0.595. The third-order valence-corrected chi connectivity index (χ3v) is 2.35. The second-order valence-corrected chi connectivity index (χ2v) is 3.50. The van der Waals surface area contributed by atoms with Gasteiger partial charge in [0, 0.05) is 12.7 Å². The number of nitrogens with one attached hydrogen (secondary N) is 1. The second kappa shape index (κ2) is 4.28. The Balaban J connectivity index is 2.29. The molecule has 2 rings (SSSR count). The number of nitrogens with two attached hydrogens (primary N) is 1. The lowest BCUT2D eigenvalue weighted by Gasteiger charge is -2.28. The van der Waals surface area contributed by atoms with Crippen molar-refractivity contribution in [2.45, 2.75) is 6.54 Å². The zero-order valence-electron chi connectivity index (χ0n) is 8.64. The van der Waals surface area contributed by atoms with Crippen LogP contribution in [0.4, 0.5) is 5.69 Å². The molecule has 16 heavy (non-hydrogen) atoms. The summed E-state index contributed by atoms with van der Waals surface area (Å²) in [4.78, 5) is 28.3. The number of amides is 2. The van der Waals surface area contributed by atoms with Crippen molar-refractivity contribution in [3.8, 4) is 0 Å². The lowest BCUT2D eigenvalue weighted by Crippen LogP contribution is -2.51. The molecule has 0 unspecified atom stereocenters. The van der Waals surface area contributed by atoms with Crippen LogP contribution >= 0.6 is 0 Å². The van der Waals surface area contributed by atoms with Gasteiger partial charge < -0.3 is 10.6 Å². The maximum Gasteiger partial charge on any atom is 0.246 e. The number of imide groups is 1. The average molecular weight is 220 g/mol. The Morgan fingerprint density at radius 3 is 2.69 bits per heavy atom. The summed E-state index contributed by atoms with van der Waals surface area (Å²) < 4.78 is 0. The number of anilines is 1. The minimum atomic E-state index is -0.303. The van der Waals surface area contributed by atoms with Gasteiger partial charge in [-0.15, -0.1) is 0 Å². The van der Waals surface area contributed by atoms with Crippen LogP contribution in [-0.2, 0) is 16.1 Å². The highest BCUT2D eigenvalue weighted by atomic mass is 16.2. The molecule has 1 aliphatic rings. The van der Waals surface area contributed by atoms with E-state index in [4.69, 9.17) is 5.73 Å². The molecule has 2 heterocycles. The molecule has 0 bridgehead atoms. The monoisotopic (exact) mass is 220 g/mol. The molecule has 2 amide bonds. The summed E-state index contributed by atoms with van der Waals surface area (Å²) in [5.74, 6) is -0.605. The van der Waals surface area contributed by atoms with Crippen molar-refractivity contribution < 1.29 is 9.59 Å². The van der Waals surface area contributed by atoms with E-state index in [1.165, 1.54) is 0 Å². The first-order valence-corrected chi connectivity index (χ1v) is 4.92. The Morgan fingerprint density at radius 1 is 1.38 bits per heavy atom. The van der Waals surface area contributed by atoms with Gasteiger partial charge in [0.2, 0.25) is 11.8 Å². The molecule has 0 aromatic carbocycles. The standard InChI is InChI=1S/C10H12N4O2/c11-4-7-8(2-1-3-12-7)14-5-9(15)13-10(16)6-14/h1-3H,4-6,11H2,(H,13,15,16). The lowest BCUT2D eigenvalue weighted by atomic mass is 10.2. The van der Waals surface area contributed by atoms with E-state index in [0.717, 1.165) is 5.69 Å². The first kappa shape index (κ1) is 10.6. The molecule has 0 saturated carbocycles. The van der Waals surface area contributed by atoms with Crippen molar-refractivity contribution in [1.29, 1.82) is 0 Å². The zero-order valence-corrected chi connectivity index (χ0v) is 8.64. The van der Waals surface area contributed by atoms with Crippen LogP contribution in [0.1, 0.15) is 5.69 Å². The van der Waals surface area contributed by atoms with Gasteiger partial charge in [0.15, 0.2) is 0 Å². The van der Waals surface area contributed by atoms with E-state index in [0.29, 0.717) is 5.69 Å². The van der Waals surface area contributed by atoms with Crippen LogP contribution < -0.4 is 16.0 Å². The summed E-state index contributed by atoms with van der Waals surface area (Å²) in [6, 6.07) is 3.56. The number of piperazine rings is 1. The Morgan fingerprint density at radius 2 is 2.06 bits per heavy atom. The third kappa shape index (κ3) is 2.01. The lowest BCUT2D eigenvalue weighted by molar-refractivity contribution is -0.130. The van der Waals surface area contributed by atoms with Gasteiger partial charge in [-0.3, -0.25) is 19.9 Å². The number of carbonyl (C=O) groups is 2. The van der Waals surface area contributed by atoms with E-state index in [2.05, 4.69) is 10.3 Å². The Labute approximate surface area is 92.4 Å². The maximum atomic E-state index is 11.2. The van der Waals surface area contributed by atoms with Crippen molar-refractivity contribution >= 4 is 17.5 Å². The quantitative estimate of drug-likeness (QED) is 0.624. The molecule has 0 atom stereocenters. The first-order chi connectivity index (χ1) is 7.70. The molecule has 84 valence electrons. The van der Waals surface area contributed by atoms with Gasteiger partial charge >= 0.3 is 0 Å². The Hall–Kier alpha value is -1.95. The Kier molecular flexibility index (Phi) is 2.82. The van der Waals surface area contributed by atoms with Crippen molar-refractivity contribution in [3.05, 3.63) is 24.0 Å². The van der Waals surface area contributed by atoms with Crippen molar-refractivity contribution in [2.24, 2.45) is 5.73 Å². The molecule has 3 N–H and O–H groups in total. The van der Waals surface area contributed by atoms with E-state index in [1.54, 1.807) is 23.2 Å². The highest BCUT2D eigenvalue weighted by Crippen LogP contribution is 2.18. The van der Waals surface area contributed by atoms with Gasteiger partial charge in [0.25, 0.3) is 0 Å². The van der Waals surface area contributed by atoms with Crippen LogP contribution in [0.3, 0.4) is 0 Å². The van der Waals surface area contributed by atoms with Crippen molar-refractivity contribution in [2.75, 3.05) is 18.0 Å². The molecule has 1 aliphatic heterocycles. The van der Waals surface area contributed by atoms with Crippen LogP contribution in [-0.4, -0.2) is 29.9 Å². The summed E-state index contributed by atoms with van der Waals surface area (Å²) in [7, 11) is 0. The Bertz CT molecular complexity index is 417. The maximum absolute atomic E-state index is 11.2. The minimum absolute atomic E-state index is 0.157. The normalized spacial score (nSPS) is 16.2. The molecule has 6 nitrogen and oxygen atoms in total. The SMILES string of the molecule is NCc1ncccc1N1CC(=O)NC(=O)C1. The van der Waals surface area contributed by atoms with Crippen LogP contribution in [0.15, 0.2) is 18.3 Å². The number of pyridine rings is 1. The summed E-state index contributed by atoms with van der Waals surface area (Å²) >= 11 is 0. The number of nitrogens with zero attached hydrogens (tertiary/aromatic N) is 2. The molecule has 0 spiro atoms. The molecular weight excluding hydrogens is 208 g/mol. The van der Waals surface area contributed by atoms with Crippen LogP contribution in [0.2, 0.25) is 0 Å². The van der Waals surface area contributed by atoms with E-state index in [1.807, 2.05) is 0 Å². The molecule has 0 aliphatic carbocycles. The van der Waals surface area contributed by atoms with E-state index in [-0.39, 0.29) is 31.4 Å². The molecule has 1 aromatic rings. The summed E-state index contributed by atoms with van der Waals surface area (Å²) in [5.41, 5.74) is 6.98. The molecule has 1 aromatic heterocycles. The van der Waals surface area contributed by atoms with Crippen molar-refractivity contribution in [3.63, 3.8) is 0 Å². The van der Waals surface area contributed by atoms with Gasteiger partial charge in [-0.2, -0.15) is 0 Å². The molecule has 6 heteroatoms. The van der Waals surface area contributed by atoms with Crippen molar-refractivity contribution in [1.82, 2.24) is 10.3 Å². The third-order valence-electron chi connectivity index (χ3n) is 2.35. The van der Waals surface area contributed by atoms with Crippen LogP contribution in [0, 0.1) is 0 Å². The van der Waals surface area contributed by atoms with Gasteiger partial charge in [0.05, 0.1) is 24.5 Å². The number of hydrogen-bond donors (Lipinski definition) is 2. The largest absolute Gasteiger partial charge is 0.351 e. The van der Waals surface area contributed by atoms with Gasteiger partial charge in [0.1, 0.15) is 0 Å². The highest BCUT2D eigenvalue weighted by Gasteiger charge is 2.24. The van der Waals surface area contributed by atoms with Gasteiger partial charge in [-0.05, 0) is 12.1 Å². The molecule has 1 fully saturated rings. The summed E-state index contributed by atoms with van der Waals surface area (Å²) in [6.07, 6.45) is 1.64. The van der Waals surface area contributed by atoms with Crippen LogP contribution in [0.5, 0.6) is 0 Å². The minimum Gasteiger partial charge on any atom is -0.351 e.